The summed E-state index contributed by atoms with van der Waals surface area (Å²) in [6, 6.07) is 0. The quantitative estimate of drug-likeness (QED) is 0.562. The van der Waals surface area contributed by atoms with Crippen LogP contribution in [0.3, 0.4) is 0 Å². The summed E-state index contributed by atoms with van der Waals surface area (Å²) < 4.78 is 10.1. The van der Waals surface area contributed by atoms with E-state index in [2.05, 4.69) is 0 Å². The molecule has 0 saturated carbocycles. The minimum atomic E-state index is -0.450. The molecule has 0 fully saturated rings. The van der Waals surface area contributed by atoms with Crippen LogP contribution in [-0.4, -0.2) is 44.2 Å². The van der Waals surface area contributed by atoms with E-state index >= 15 is 0 Å². The summed E-state index contributed by atoms with van der Waals surface area (Å²) in [6.07, 6.45) is 0.163. The van der Waals surface area contributed by atoms with Gasteiger partial charge in [-0.1, -0.05) is 0 Å². The van der Waals surface area contributed by atoms with Gasteiger partial charge in [0.2, 0.25) is 0 Å². The van der Waals surface area contributed by atoms with Gasteiger partial charge in [-0.05, 0) is 19.9 Å². The highest BCUT2D eigenvalue weighted by Gasteiger charge is 2.06. The predicted molar refractivity (Wildman–Crippen MR) is 47.0 cm³/mol. The lowest BCUT2D eigenvalue weighted by Gasteiger charge is -2.14. The van der Waals surface area contributed by atoms with Crippen molar-refractivity contribution in [3.05, 3.63) is 0 Å². The lowest BCUT2D eigenvalue weighted by atomic mass is 10.3. The van der Waals surface area contributed by atoms with E-state index < -0.39 is 6.10 Å². The maximum Gasteiger partial charge on any atom is 0.0785 e. The van der Waals surface area contributed by atoms with Crippen LogP contribution >= 0.6 is 0 Å². The van der Waals surface area contributed by atoms with Crippen LogP contribution in [-0.2, 0) is 9.47 Å². The molecule has 0 aromatic heterocycles. The van der Waals surface area contributed by atoms with Crippen molar-refractivity contribution in [2.24, 2.45) is 5.73 Å². The van der Waals surface area contributed by atoms with Crippen molar-refractivity contribution in [1.29, 1.82) is 0 Å². The first kappa shape index (κ1) is 11.8. The summed E-state index contributed by atoms with van der Waals surface area (Å²) in [5, 5.41) is 9.22. The third kappa shape index (κ3) is 6.54. The molecule has 0 aliphatic heterocycles. The van der Waals surface area contributed by atoms with Crippen LogP contribution in [0.15, 0.2) is 0 Å². The molecule has 74 valence electrons. The number of nitrogens with two attached hydrogens (primary N) is 1. The highest BCUT2D eigenvalue weighted by Crippen LogP contribution is 1.96. The fraction of sp³-hybridized carbons (Fsp3) is 1.00. The Morgan fingerprint density at radius 1 is 1.42 bits per heavy atom. The normalized spacial score (nSPS) is 16.0. The summed E-state index contributed by atoms with van der Waals surface area (Å²) in [4.78, 5) is 0. The molecule has 3 N–H and O–H groups in total. The zero-order valence-corrected chi connectivity index (χ0v) is 7.82. The molecule has 0 radical (unpaired) electrons. The summed E-state index contributed by atoms with van der Waals surface area (Å²) in [5.41, 5.74) is 5.25. The van der Waals surface area contributed by atoms with Crippen LogP contribution in [0, 0.1) is 0 Å². The lowest BCUT2D eigenvalue weighted by molar-refractivity contribution is -0.0328. The van der Waals surface area contributed by atoms with Crippen LogP contribution < -0.4 is 5.73 Å². The molecular formula is C8H19NO3. The van der Waals surface area contributed by atoms with E-state index in [9.17, 15) is 5.11 Å². The van der Waals surface area contributed by atoms with E-state index in [1.165, 1.54) is 0 Å². The molecule has 2 unspecified atom stereocenters. The van der Waals surface area contributed by atoms with Crippen molar-refractivity contribution in [2.45, 2.75) is 25.6 Å². The Kier molecular flexibility index (Phi) is 7.39. The minimum absolute atomic E-state index is 0.0300. The maximum absolute atomic E-state index is 9.22. The van der Waals surface area contributed by atoms with Gasteiger partial charge in [-0.25, -0.2) is 0 Å². The van der Waals surface area contributed by atoms with E-state index in [0.717, 1.165) is 0 Å². The van der Waals surface area contributed by atoms with E-state index in [0.29, 0.717) is 26.2 Å². The summed E-state index contributed by atoms with van der Waals surface area (Å²) in [7, 11) is 1.62. The molecule has 0 aromatic rings. The van der Waals surface area contributed by atoms with Crippen LogP contribution in [0.1, 0.15) is 13.3 Å². The van der Waals surface area contributed by atoms with Crippen molar-refractivity contribution in [3.8, 4) is 0 Å². The van der Waals surface area contributed by atoms with Crippen molar-refractivity contribution in [2.75, 3.05) is 26.9 Å². The van der Waals surface area contributed by atoms with Crippen LogP contribution in [0.2, 0.25) is 0 Å². The van der Waals surface area contributed by atoms with Crippen LogP contribution in [0.5, 0.6) is 0 Å². The molecule has 0 saturated heterocycles. The highest BCUT2D eigenvalue weighted by atomic mass is 16.5. The first-order valence-corrected chi connectivity index (χ1v) is 4.19. The third-order valence-electron chi connectivity index (χ3n) is 1.47. The van der Waals surface area contributed by atoms with Gasteiger partial charge >= 0.3 is 0 Å². The number of aliphatic hydroxyl groups is 1. The standard InChI is InChI=1S/C8H19NO3/c1-7(5-11-2)12-6-8(10)3-4-9/h7-8,10H,3-6,9H2,1-2H3. The van der Waals surface area contributed by atoms with Gasteiger partial charge < -0.3 is 20.3 Å². The average molecular weight is 177 g/mol. The molecule has 2 atom stereocenters. The maximum atomic E-state index is 9.22. The third-order valence-corrected chi connectivity index (χ3v) is 1.47. The lowest BCUT2D eigenvalue weighted by Crippen LogP contribution is -2.24. The molecule has 4 nitrogen and oxygen atoms in total. The van der Waals surface area contributed by atoms with Crippen molar-refractivity contribution >= 4 is 0 Å². The van der Waals surface area contributed by atoms with Crippen LogP contribution in [0.4, 0.5) is 0 Å². The van der Waals surface area contributed by atoms with E-state index in [1.54, 1.807) is 7.11 Å². The number of ether oxygens (including phenoxy) is 2. The monoisotopic (exact) mass is 177 g/mol. The highest BCUT2D eigenvalue weighted by molar-refractivity contribution is 4.56. The topological polar surface area (TPSA) is 64.7 Å². The summed E-state index contributed by atoms with van der Waals surface area (Å²) >= 11 is 0. The number of aliphatic hydroxyl groups excluding tert-OH is 1. The molecule has 0 aliphatic carbocycles. The second-order valence-electron chi connectivity index (χ2n) is 2.83. The van der Waals surface area contributed by atoms with Gasteiger partial charge in [0.25, 0.3) is 0 Å². The Balaban J connectivity index is 3.27. The van der Waals surface area contributed by atoms with Gasteiger partial charge in [-0.15, -0.1) is 0 Å². The number of hydrogen-bond donors (Lipinski definition) is 2. The Labute approximate surface area is 73.7 Å². The van der Waals surface area contributed by atoms with Crippen molar-refractivity contribution in [3.63, 3.8) is 0 Å². The van der Waals surface area contributed by atoms with E-state index in [4.69, 9.17) is 15.2 Å². The number of methoxy groups -OCH3 is 1. The predicted octanol–water partition coefficient (Wildman–Crippen LogP) is -0.252. The fourth-order valence-electron chi connectivity index (χ4n) is 0.834. The smallest absolute Gasteiger partial charge is 0.0785 e. The van der Waals surface area contributed by atoms with Gasteiger partial charge in [0.1, 0.15) is 0 Å². The average Bonchev–Trinajstić information content (AvgIpc) is 2.02. The number of hydrogen-bond acceptors (Lipinski definition) is 4. The van der Waals surface area contributed by atoms with Crippen molar-refractivity contribution < 1.29 is 14.6 Å². The fourth-order valence-corrected chi connectivity index (χ4v) is 0.834. The summed E-state index contributed by atoms with van der Waals surface area (Å²) in [6.45, 7) is 3.28. The minimum Gasteiger partial charge on any atom is -0.391 e. The van der Waals surface area contributed by atoms with E-state index in [-0.39, 0.29) is 6.10 Å². The van der Waals surface area contributed by atoms with E-state index in [1.807, 2.05) is 6.92 Å². The second kappa shape index (κ2) is 7.49. The summed E-state index contributed by atoms with van der Waals surface area (Å²) in [5.74, 6) is 0. The molecule has 4 heteroatoms. The molecule has 0 rings (SSSR count). The zero-order chi connectivity index (χ0) is 9.40. The largest absolute Gasteiger partial charge is 0.391 e. The Bertz CT molecular complexity index is 88.3. The Morgan fingerprint density at radius 2 is 2.08 bits per heavy atom. The van der Waals surface area contributed by atoms with Gasteiger partial charge in [-0.2, -0.15) is 0 Å². The molecule has 0 aliphatic rings. The first-order chi connectivity index (χ1) is 5.70. The van der Waals surface area contributed by atoms with Gasteiger partial charge in [0.05, 0.1) is 25.4 Å². The zero-order valence-electron chi connectivity index (χ0n) is 7.82. The Hall–Kier alpha value is -0.160. The number of rotatable bonds is 7. The van der Waals surface area contributed by atoms with Gasteiger partial charge in [0, 0.05) is 7.11 Å². The first-order valence-electron chi connectivity index (χ1n) is 4.19. The molecule has 12 heavy (non-hydrogen) atoms. The molecular weight excluding hydrogens is 158 g/mol. The molecule has 0 heterocycles. The molecule has 0 amide bonds. The van der Waals surface area contributed by atoms with Crippen LogP contribution in [0.25, 0.3) is 0 Å². The van der Waals surface area contributed by atoms with Gasteiger partial charge in [-0.3, -0.25) is 0 Å². The van der Waals surface area contributed by atoms with Gasteiger partial charge in [0.15, 0.2) is 0 Å². The Morgan fingerprint density at radius 3 is 2.58 bits per heavy atom. The van der Waals surface area contributed by atoms with Crippen molar-refractivity contribution in [1.82, 2.24) is 0 Å². The molecule has 0 aromatic carbocycles. The molecule has 0 spiro atoms. The SMILES string of the molecule is COCC(C)OCC(O)CCN. The second-order valence-corrected chi connectivity index (χ2v) is 2.83. The molecule has 0 bridgehead atoms.